The maximum atomic E-state index is 12.3. The molecule has 24 heavy (non-hydrogen) atoms. The van der Waals surface area contributed by atoms with Crippen molar-refractivity contribution in [3.05, 3.63) is 46.1 Å². The summed E-state index contributed by atoms with van der Waals surface area (Å²) in [6.45, 7) is 0.204. The minimum Gasteiger partial charge on any atom is -0.396 e. The molecule has 2 aromatic rings. The number of carbonyl (C=O) groups is 1. The Labute approximate surface area is 145 Å². The minimum absolute atomic E-state index is 0.0346. The number of fused-ring (bicyclic) bond motifs is 1. The number of nitrogens with one attached hydrogen (secondary N) is 1. The van der Waals surface area contributed by atoms with E-state index in [1.165, 1.54) is 10.4 Å². The summed E-state index contributed by atoms with van der Waals surface area (Å²) in [7, 11) is 0. The van der Waals surface area contributed by atoms with Gasteiger partial charge in [-0.05, 0) is 48.8 Å². The van der Waals surface area contributed by atoms with Gasteiger partial charge in [0.2, 0.25) is 5.91 Å². The highest BCUT2D eigenvalue weighted by Crippen LogP contribution is 2.39. The van der Waals surface area contributed by atoms with Crippen LogP contribution in [0.1, 0.15) is 34.4 Å². The molecule has 4 nitrogen and oxygen atoms in total. The average Bonchev–Trinajstić information content (AvgIpc) is 2.96. The number of carbonyl (C=O) groups excluding carboxylic acids is 1. The Bertz CT molecular complexity index is 762. The van der Waals surface area contributed by atoms with Crippen molar-refractivity contribution in [2.24, 2.45) is 5.92 Å². The SMILES string of the molecule is C#Cc1c(NC(=O)CCc2cccnc2)sc2c1CCC(CO)C2. The van der Waals surface area contributed by atoms with Gasteiger partial charge in [0.1, 0.15) is 5.00 Å². The predicted octanol–water partition coefficient (Wildman–Crippen LogP) is 2.79. The van der Waals surface area contributed by atoms with Gasteiger partial charge >= 0.3 is 0 Å². The molecule has 5 heteroatoms. The van der Waals surface area contributed by atoms with Crippen molar-refractivity contribution in [3.8, 4) is 12.3 Å². The molecule has 1 aliphatic carbocycles. The van der Waals surface area contributed by atoms with E-state index in [4.69, 9.17) is 6.42 Å². The van der Waals surface area contributed by atoms with Crippen LogP contribution in [0.4, 0.5) is 5.00 Å². The van der Waals surface area contributed by atoms with Gasteiger partial charge in [0.05, 0.1) is 5.56 Å². The lowest BCUT2D eigenvalue weighted by atomic mass is 9.88. The lowest BCUT2D eigenvalue weighted by molar-refractivity contribution is -0.116. The first-order valence-electron chi connectivity index (χ1n) is 8.12. The van der Waals surface area contributed by atoms with E-state index in [0.717, 1.165) is 35.4 Å². The molecular weight excluding hydrogens is 320 g/mol. The number of thiophene rings is 1. The number of anilines is 1. The number of aromatic nitrogens is 1. The second kappa shape index (κ2) is 7.61. The Balaban J connectivity index is 1.68. The number of pyridine rings is 1. The van der Waals surface area contributed by atoms with E-state index < -0.39 is 0 Å². The number of rotatable bonds is 5. The fourth-order valence-corrected chi connectivity index (χ4v) is 4.39. The Kier molecular flexibility index (Phi) is 5.29. The van der Waals surface area contributed by atoms with E-state index in [-0.39, 0.29) is 12.5 Å². The molecule has 0 spiro atoms. The lowest BCUT2D eigenvalue weighted by Crippen LogP contribution is -2.16. The van der Waals surface area contributed by atoms with E-state index in [9.17, 15) is 9.90 Å². The van der Waals surface area contributed by atoms with Gasteiger partial charge in [0.15, 0.2) is 0 Å². The predicted molar refractivity (Wildman–Crippen MR) is 96.0 cm³/mol. The van der Waals surface area contributed by atoms with Crippen LogP contribution in [-0.4, -0.2) is 22.6 Å². The maximum absolute atomic E-state index is 12.3. The summed E-state index contributed by atoms with van der Waals surface area (Å²) in [6.07, 6.45) is 12.9. The van der Waals surface area contributed by atoms with Crippen LogP contribution >= 0.6 is 11.3 Å². The minimum atomic E-state index is -0.0346. The highest BCUT2D eigenvalue weighted by atomic mass is 32.1. The van der Waals surface area contributed by atoms with E-state index in [2.05, 4.69) is 16.2 Å². The van der Waals surface area contributed by atoms with Gasteiger partial charge in [-0.2, -0.15) is 0 Å². The van der Waals surface area contributed by atoms with Crippen LogP contribution in [-0.2, 0) is 24.1 Å². The van der Waals surface area contributed by atoms with E-state index in [0.29, 0.717) is 18.8 Å². The zero-order valence-corrected chi connectivity index (χ0v) is 14.2. The van der Waals surface area contributed by atoms with Crippen molar-refractivity contribution < 1.29 is 9.90 Å². The van der Waals surface area contributed by atoms with Gasteiger partial charge in [-0.1, -0.05) is 12.0 Å². The Morgan fingerprint density at radius 1 is 1.54 bits per heavy atom. The molecular formula is C19H20N2O2S. The topological polar surface area (TPSA) is 62.2 Å². The Hall–Kier alpha value is -2.16. The fourth-order valence-electron chi connectivity index (χ4n) is 3.04. The van der Waals surface area contributed by atoms with Gasteiger partial charge in [0.25, 0.3) is 0 Å². The molecule has 1 aliphatic rings. The van der Waals surface area contributed by atoms with Crippen molar-refractivity contribution in [3.63, 3.8) is 0 Å². The lowest BCUT2D eigenvalue weighted by Gasteiger charge is -2.19. The fraction of sp³-hybridized carbons (Fsp3) is 0.368. The zero-order valence-electron chi connectivity index (χ0n) is 13.4. The number of aliphatic hydroxyl groups excluding tert-OH is 1. The van der Waals surface area contributed by atoms with Crippen LogP contribution in [0.2, 0.25) is 0 Å². The molecule has 124 valence electrons. The van der Waals surface area contributed by atoms with Crippen LogP contribution < -0.4 is 5.32 Å². The first kappa shape index (κ1) is 16.7. The smallest absolute Gasteiger partial charge is 0.225 e. The third-order valence-electron chi connectivity index (χ3n) is 4.39. The second-order valence-electron chi connectivity index (χ2n) is 6.05. The number of nitrogens with zero attached hydrogens (tertiary/aromatic N) is 1. The van der Waals surface area contributed by atoms with Gasteiger partial charge < -0.3 is 10.4 Å². The molecule has 0 radical (unpaired) electrons. The highest BCUT2D eigenvalue weighted by Gasteiger charge is 2.25. The summed E-state index contributed by atoms with van der Waals surface area (Å²) in [6, 6.07) is 3.83. The van der Waals surface area contributed by atoms with E-state index >= 15 is 0 Å². The summed E-state index contributed by atoms with van der Waals surface area (Å²) in [5.74, 6) is 3.01. The van der Waals surface area contributed by atoms with Crippen LogP contribution in [0, 0.1) is 18.3 Å². The van der Waals surface area contributed by atoms with Crippen LogP contribution in [0.5, 0.6) is 0 Å². The van der Waals surface area contributed by atoms with Gasteiger partial charge in [-0.15, -0.1) is 17.8 Å². The zero-order chi connectivity index (χ0) is 16.9. The standard InChI is InChI=1S/C19H20N2O2S/c1-2-15-16-7-5-14(12-22)10-17(16)24-19(15)21-18(23)8-6-13-4-3-9-20-11-13/h1,3-4,9,11,14,22H,5-8,10,12H2,(H,21,23). The molecule has 0 aliphatic heterocycles. The van der Waals surface area contributed by atoms with Gasteiger partial charge in [0, 0.05) is 30.3 Å². The first-order chi connectivity index (χ1) is 11.7. The summed E-state index contributed by atoms with van der Waals surface area (Å²) in [5.41, 5.74) is 3.04. The number of amides is 1. The van der Waals surface area contributed by atoms with Gasteiger partial charge in [-0.25, -0.2) is 0 Å². The number of aryl methyl sites for hydroxylation is 1. The number of aliphatic hydroxyl groups is 1. The summed E-state index contributed by atoms with van der Waals surface area (Å²) < 4.78 is 0. The molecule has 1 atom stereocenters. The Morgan fingerprint density at radius 2 is 2.42 bits per heavy atom. The molecule has 1 amide bonds. The van der Waals surface area contributed by atoms with Crippen LogP contribution in [0.15, 0.2) is 24.5 Å². The van der Waals surface area contributed by atoms with Crippen molar-refractivity contribution in [1.82, 2.24) is 4.98 Å². The van der Waals surface area contributed by atoms with Crippen molar-refractivity contribution in [1.29, 1.82) is 0 Å². The molecule has 0 aromatic carbocycles. The normalized spacial score (nSPS) is 16.2. The monoisotopic (exact) mass is 340 g/mol. The third-order valence-corrected chi connectivity index (χ3v) is 5.56. The molecule has 3 rings (SSSR count). The molecule has 0 saturated carbocycles. The van der Waals surface area contributed by atoms with Crippen molar-refractivity contribution in [2.75, 3.05) is 11.9 Å². The average molecular weight is 340 g/mol. The molecule has 1 unspecified atom stereocenters. The van der Waals surface area contributed by atoms with Crippen LogP contribution in [0.25, 0.3) is 0 Å². The molecule has 2 aromatic heterocycles. The first-order valence-corrected chi connectivity index (χ1v) is 8.93. The number of terminal acetylenes is 1. The largest absolute Gasteiger partial charge is 0.396 e. The van der Waals surface area contributed by atoms with E-state index in [1.54, 1.807) is 23.7 Å². The van der Waals surface area contributed by atoms with Crippen LogP contribution in [0.3, 0.4) is 0 Å². The molecule has 0 fully saturated rings. The third kappa shape index (κ3) is 3.66. The number of hydrogen-bond donors (Lipinski definition) is 2. The quantitative estimate of drug-likeness (QED) is 0.823. The van der Waals surface area contributed by atoms with Gasteiger partial charge in [-0.3, -0.25) is 9.78 Å². The van der Waals surface area contributed by atoms with Crippen molar-refractivity contribution in [2.45, 2.75) is 32.1 Å². The summed E-state index contributed by atoms with van der Waals surface area (Å²) in [4.78, 5) is 17.5. The van der Waals surface area contributed by atoms with E-state index in [1.807, 2.05) is 12.1 Å². The molecule has 2 N–H and O–H groups in total. The molecule has 0 bridgehead atoms. The Morgan fingerprint density at radius 3 is 3.12 bits per heavy atom. The maximum Gasteiger partial charge on any atom is 0.225 e. The highest BCUT2D eigenvalue weighted by molar-refractivity contribution is 7.16. The summed E-state index contributed by atoms with van der Waals surface area (Å²) >= 11 is 1.56. The summed E-state index contributed by atoms with van der Waals surface area (Å²) in [5, 5.41) is 13.1. The van der Waals surface area contributed by atoms with Crippen molar-refractivity contribution >= 4 is 22.2 Å². The second-order valence-corrected chi connectivity index (χ2v) is 7.16. The molecule has 0 saturated heterocycles. The molecule has 2 heterocycles. The number of hydrogen-bond acceptors (Lipinski definition) is 4.